The van der Waals surface area contributed by atoms with Crippen molar-refractivity contribution in [2.45, 2.75) is 52.4 Å². The molecule has 1 fully saturated rings. The van der Waals surface area contributed by atoms with Crippen LogP contribution < -0.4 is 4.90 Å². The Morgan fingerprint density at radius 1 is 1.18 bits per heavy atom. The maximum absolute atomic E-state index is 13.5. The van der Waals surface area contributed by atoms with E-state index in [2.05, 4.69) is 17.9 Å². The number of benzene rings is 1. The highest BCUT2D eigenvalue weighted by molar-refractivity contribution is 5.85. The molecule has 1 aliphatic rings. The predicted molar refractivity (Wildman–Crippen MR) is 108 cm³/mol. The summed E-state index contributed by atoms with van der Waals surface area (Å²) in [6.45, 7) is 7.93. The fourth-order valence-electron chi connectivity index (χ4n) is 3.75. The SMILES string of the molecule is Cc1ccc(CCC(=O)C(C)c2cc(F)cc(F)c2)c(N2CCC(C)CC2)n1. The van der Waals surface area contributed by atoms with E-state index in [0.29, 0.717) is 18.4 Å². The molecule has 0 bridgehead atoms. The molecule has 0 aliphatic carbocycles. The van der Waals surface area contributed by atoms with Gasteiger partial charge in [0.2, 0.25) is 0 Å². The van der Waals surface area contributed by atoms with E-state index in [1.54, 1.807) is 6.92 Å². The van der Waals surface area contributed by atoms with Crippen LogP contribution in [0.3, 0.4) is 0 Å². The van der Waals surface area contributed by atoms with Crippen LogP contribution in [0.25, 0.3) is 0 Å². The number of Topliss-reactive ketones (excluding diaryl/α,β-unsaturated/α-hetero) is 1. The van der Waals surface area contributed by atoms with Gasteiger partial charge >= 0.3 is 0 Å². The summed E-state index contributed by atoms with van der Waals surface area (Å²) in [5.41, 5.74) is 2.41. The number of rotatable bonds is 6. The number of pyridine rings is 1. The number of ketones is 1. The molecule has 0 radical (unpaired) electrons. The highest BCUT2D eigenvalue weighted by atomic mass is 19.1. The molecule has 1 aromatic heterocycles. The van der Waals surface area contributed by atoms with Gasteiger partial charge in [0.1, 0.15) is 23.2 Å². The van der Waals surface area contributed by atoms with E-state index in [0.717, 1.165) is 55.0 Å². The van der Waals surface area contributed by atoms with Gasteiger partial charge in [0.05, 0.1) is 0 Å². The van der Waals surface area contributed by atoms with Gasteiger partial charge in [0.25, 0.3) is 0 Å². The molecule has 0 N–H and O–H groups in total. The minimum atomic E-state index is -0.654. The van der Waals surface area contributed by atoms with E-state index < -0.39 is 17.6 Å². The van der Waals surface area contributed by atoms with Gasteiger partial charge in [0.15, 0.2) is 0 Å². The van der Waals surface area contributed by atoms with Gasteiger partial charge in [-0.2, -0.15) is 0 Å². The molecular formula is C23H28F2N2O. The fourth-order valence-corrected chi connectivity index (χ4v) is 3.75. The molecule has 2 aromatic rings. The first-order valence-electron chi connectivity index (χ1n) is 10.0. The van der Waals surface area contributed by atoms with E-state index in [9.17, 15) is 13.6 Å². The van der Waals surface area contributed by atoms with E-state index in [-0.39, 0.29) is 5.78 Å². The second kappa shape index (κ2) is 8.80. The van der Waals surface area contributed by atoms with Gasteiger partial charge in [-0.3, -0.25) is 4.79 Å². The van der Waals surface area contributed by atoms with Crippen LogP contribution in [0.2, 0.25) is 0 Å². The van der Waals surface area contributed by atoms with Crippen LogP contribution in [0.1, 0.15) is 55.8 Å². The van der Waals surface area contributed by atoms with Crippen LogP contribution in [0.15, 0.2) is 30.3 Å². The van der Waals surface area contributed by atoms with E-state index in [4.69, 9.17) is 4.98 Å². The molecule has 150 valence electrons. The average Bonchev–Trinajstić information content (AvgIpc) is 2.66. The quantitative estimate of drug-likeness (QED) is 0.683. The molecule has 1 atom stereocenters. The number of halogens is 2. The van der Waals surface area contributed by atoms with E-state index >= 15 is 0 Å². The van der Waals surface area contributed by atoms with Crippen molar-refractivity contribution in [3.05, 3.63) is 58.8 Å². The van der Waals surface area contributed by atoms with Gasteiger partial charge in [-0.1, -0.05) is 19.9 Å². The Balaban J connectivity index is 1.70. The minimum Gasteiger partial charge on any atom is -0.356 e. The zero-order valence-electron chi connectivity index (χ0n) is 16.8. The summed E-state index contributed by atoms with van der Waals surface area (Å²) in [6.07, 6.45) is 3.20. The molecule has 2 heterocycles. The molecule has 28 heavy (non-hydrogen) atoms. The first-order chi connectivity index (χ1) is 13.3. The third-order valence-corrected chi connectivity index (χ3v) is 5.69. The molecular weight excluding hydrogens is 358 g/mol. The van der Waals surface area contributed by atoms with Crippen molar-refractivity contribution in [2.24, 2.45) is 5.92 Å². The molecule has 5 heteroatoms. The van der Waals surface area contributed by atoms with Crippen molar-refractivity contribution in [1.82, 2.24) is 4.98 Å². The highest BCUT2D eigenvalue weighted by Crippen LogP contribution is 2.27. The zero-order chi connectivity index (χ0) is 20.3. The number of nitrogens with zero attached hydrogens (tertiary/aromatic N) is 2. The smallest absolute Gasteiger partial charge is 0.140 e. The lowest BCUT2D eigenvalue weighted by Crippen LogP contribution is -2.34. The van der Waals surface area contributed by atoms with Crippen LogP contribution in [-0.4, -0.2) is 23.9 Å². The summed E-state index contributed by atoms with van der Waals surface area (Å²) >= 11 is 0. The summed E-state index contributed by atoms with van der Waals surface area (Å²) < 4.78 is 26.9. The van der Waals surface area contributed by atoms with Crippen molar-refractivity contribution >= 4 is 11.6 Å². The molecule has 3 rings (SSSR count). The lowest BCUT2D eigenvalue weighted by atomic mass is 9.92. The summed E-state index contributed by atoms with van der Waals surface area (Å²) in [6, 6.07) is 7.32. The molecule has 3 nitrogen and oxygen atoms in total. The zero-order valence-corrected chi connectivity index (χ0v) is 16.8. The Hall–Kier alpha value is -2.30. The molecule has 1 aliphatic heterocycles. The second-order valence-corrected chi connectivity index (χ2v) is 8.00. The number of hydrogen-bond acceptors (Lipinski definition) is 3. The van der Waals surface area contributed by atoms with Gasteiger partial charge in [0, 0.05) is 37.2 Å². The second-order valence-electron chi connectivity index (χ2n) is 8.00. The summed E-state index contributed by atoms with van der Waals surface area (Å²) in [5, 5.41) is 0. The topological polar surface area (TPSA) is 33.2 Å². The number of aryl methyl sites for hydroxylation is 2. The van der Waals surface area contributed by atoms with Crippen LogP contribution in [0.5, 0.6) is 0 Å². The number of hydrogen-bond donors (Lipinski definition) is 0. The maximum atomic E-state index is 13.5. The molecule has 0 amide bonds. The summed E-state index contributed by atoms with van der Waals surface area (Å²) in [5.74, 6) is -0.160. The lowest BCUT2D eigenvalue weighted by molar-refractivity contribution is -0.120. The third-order valence-electron chi connectivity index (χ3n) is 5.69. The van der Waals surface area contributed by atoms with Gasteiger partial charge in [-0.05, 0) is 61.4 Å². The van der Waals surface area contributed by atoms with Crippen LogP contribution in [0, 0.1) is 24.5 Å². The molecule has 1 aromatic carbocycles. The van der Waals surface area contributed by atoms with Crippen LogP contribution in [0.4, 0.5) is 14.6 Å². The Morgan fingerprint density at radius 2 is 1.82 bits per heavy atom. The highest BCUT2D eigenvalue weighted by Gasteiger charge is 2.21. The largest absolute Gasteiger partial charge is 0.356 e. The number of piperidine rings is 1. The monoisotopic (exact) mass is 386 g/mol. The standard InChI is InChI=1S/C23H28F2N2O/c1-15-8-10-27(11-9-15)23-18(5-4-16(2)26-23)6-7-22(28)17(3)19-12-20(24)14-21(25)13-19/h4-5,12-15,17H,6-11H2,1-3H3. The van der Waals surface area contributed by atoms with Crippen molar-refractivity contribution < 1.29 is 13.6 Å². The minimum absolute atomic E-state index is 0.0243. The van der Waals surface area contributed by atoms with E-state index in [1.165, 1.54) is 12.1 Å². The van der Waals surface area contributed by atoms with Gasteiger partial charge in [-0.25, -0.2) is 13.8 Å². The number of aromatic nitrogens is 1. The van der Waals surface area contributed by atoms with Gasteiger partial charge < -0.3 is 4.90 Å². The number of carbonyl (C=O) groups excluding carboxylic acids is 1. The van der Waals surface area contributed by atoms with Crippen LogP contribution in [-0.2, 0) is 11.2 Å². The molecule has 0 saturated carbocycles. The van der Waals surface area contributed by atoms with Crippen LogP contribution >= 0.6 is 0 Å². The molecule has 0 spiro atoms. The number of carbonyl (C=O) groups is 1. The average molecular weight is 386 g/mol. The van der Waals surface area contributed by atoms with E-state index in [1.807, 2.05) is 13.0 Å². The summed E-state index contributed by atoms with van der Waals surface area (Å²) in [7, 11) is 0. The van der Waals surface area contributed by atoms with Gasteiger partial charge in [-0.15, -0.1) is 0 Å². The molecule has 1 saturated heterocycles. The first-order valence-corrected chi connectivity index (χ1v) is 10.0. The maximum Gasteiger partial charge on any atom is 0.140 e. The Bertz CT molecular complexity index is 824. The third kappa shape index (κ3) is 4.94. The fraction of sp³-hybridized carbons (Fsp3) is 0.478. The van der Waals surface area contributed by atoms with Crippen molar-refractivity contribution in [3.63, 3.8) is 0 Å². The lowest BCUT2D eigenvalue weighted by Gasteiger charge is -2.32. The summed E-state index contributed by atoms with van der Waals surface area (Å²) in [4.78, 5) is 19.7. The normalized spacial score (nSPS) is 16.2. The number of anilines is 1. The first kappa shape index (κ1) is 20.4. The predicted octanol–water partition coefficient (Wildman–Crippen LogP) is 5.21. The Morgan fingerprint density at radius 3 is 2.46 bits per heavy atom. The molecule has 1 unspecified atom stereocenters. The Labute approximate surface area is 165 Å². The van der Waals surface area contributed by atoms with Crippen molar-refractivity contribution in [1.29, 1.82) is 0 Å². The van der Waals surface area contributed by atoms with Crippen molar-refractivity contribution in [2.75, 3.05) is 18.0 Å². The van der Waals surface area contributed by atoms with Crippen molar-refractivity contribution in [3.8, 4) is 0 Å². The Kier molecular flexibility index (Phi) is 6.42.